The Kier molecular flexibility index (Phi) is 5.73. The first-order chi connectivity index (χ1) is 11.0. The molecule has 6 heteroatoms. The molecule has 1 aromatic carbocycles. The van der Waals surface area contributed by atoms with Gasteiger partial charge in [0.1, 0.15) is 0 Å². The normalized spacial score (nSPS) is 20.4. The summed E-state index contributed by atoms with van der Waals surface area (Å²) in [5.74, 6) is -1.11. The SMILES string of the molecule is CC(=O)Nc1cccc(NC(=O)C(=O)NC2CCCCC2C)c1. The minimum absolute atomic E-state index is 0.0627. The molecule has 0 spiro atoms. The van der Waals surface area contributed by atoms with Crippen LogP contribution in [0.3, 0.4) is 0 Å². The molecule has 124 valence electrons. The lowest BCUT2D eigenvalue weighted by atomic mass is 9.86. The lowest BCUT2D eigenvalue weighted by Gasteiger charge is -2.29. The number of anilines is 2. The van der Waals surface area contributed by atoms with E-state index in [9.17, 15) is 14.4 Å². The number of hydrogen-bond acceptors (Lipinski definition) is 3. The van der Waals surface area contributed by atoms with Gasteiger partial charge in [-0.25, -0.2) is 0 Å². The summed E-state index contributed by atoms with van der Waals surface area (Å²) in [5, 5.41) is 8.00. The number of benzene rings is 1. The maximum absolute atomic E-state index is 12.0. The van der Waals surface area contributed by atoms with Gasteiger partial charge in [0.05, 0.1) is 0 Å². The largest absolute Gasteiger partial charge is 0.345 e. The molecule has 1 aromatic rings. The van der Waals surface area contributed by atoms with Crippen LogP contribution in [0.5, 0.6) is 0 Å². The summed E-state index contributed by atoms with van der Waals surface area (Å²) in [4.78, 5) is 35.1. The second-order valence-electron chi connectivity index (χ2n) is 6.06. The van der Waals surface area contributed by atoms with Crippen LogP contribution in [0.15, 0.2) is 24.3 Å². The predicted octanol–water partition coefficient (Wildman–Crippen LogP) is 2.28. The highest BCUT2D eigenvalue weighted by atomic mass is 16.2. The van der Waals surface area contributed by atoms with Crippen LogP contribution < -0.4 is 16.0 Å². The quantitative estimate of drug-likeness (QED) is 0.747. The standard InChI is InChI=1S/C17H23N3O3/c1-11-6-3-4-9-15(11)20-17(23)16(22)19-14-8-5-7-13(10-14)18-12(2)21/h5,7-8,10-11,15H,3-4,6,9H2,1-2H3,(H,18,21)(H,19,22)(H,20,23). The minimum atomic E-state index is -0.692. The average molecular weight is 317 g/mol. The summed E-state index contributed by atoms with van der Waals surface area (Å²) >= 11 is 0. The number of amides is 3. The molecule has 23 heavy (non-hydrogen) atoms. The highest BCUT2D eigenvalue weighted by Crippen LogP contribution is 2.23. The molecule has 3 amide bonds. The lowest BCUT2D eigenvalue weighted by Crippen LogP contribution is -2.45. The highest BCUT2D eigenvalue weighted by Gasteiger charge is 2.25. The molecule has 0 aliphatic heterocycles. The Hall–Kier alpha value is -2.37. The summed E-state index contributed by atoms with van der Waals surface area (Å²) in [6.07, 6.45) is 4.24. The zero-order valence-electron chi connectivity index (χ0n) is 13.5. The van der Waals surface area contributed by atoms with E-state index in [0.29, 0.717) is 17.3 Å². The molecule has 3 N–H and O–H groups in total. The van der Waals surface area contributed by atoms with Gasteiger partial charge in [-0.15, -0.1) is 0 Å². The van der Waals surface area contributed by atoms with Crippen LogP contribution in [0.2, 0.25) is 0 Å². The first-order valence-corrected chi connectivity index (χ1v) is 7.95. The van der Waals surface area contributed by atoms with Crippen LogP contribution in [0.1, 0.15) is 39.5 Å². The van der Waals surface area contributed by atoms with Crippen LogP contribution in [-0.2, 0) is 14.4 Å². The van der Waals surface area contributed by atoms with E-state index in [4.69, 9.17) is 0 Å². The van der Waals surface area contributed by atoms with Gasteiger partial charge in [-0.05, 0) is 37.0 Å². The van der Waals surface area contributed by atoms with Crippen molar-refractivity contribution in [1.29, 1.82) is 0 Å². The Morgan fingerprint density at radius 2 is 1.65 bits per heavy atom. The summed E-state index contributed by atoms with van der Waals surface area (Å²) in [6.45, 7) is 3.50. The molecule has 0 heterocycles. The first-order valence-electron chi connectivity index (χ1n) is 7.95. The second-order valence-corrected chi connectivity index (χ2v) is 6.06. The summed E-state index contributed by atoms with van der Waals surface area (Å²) in [7, 11) is 0. The fourth-order valence-electron chi connectivity index (χ4n) is 2.83. The van der Waals surface area contributed by atoms with Gasteiger partial charge in [0.15, 0.2) is 0 Å². The maximum atomic E-state index is 12.0. The minimum Gasteiger partial charge on any atom is -0.345 e. The van der Waals surface area contributed by atoms with Gasteiger partial charge in [0, 0.05) is 24.3 Å². The van der Waals surface area contributed by atoms with Crippen molar-refractivity contribution < 1.29 is 14.4 Å². The number of nitrogens with one attached hydrogen (secondary N) is 3. The van der Waals surface area contributed by atoms with E-state index in [-0.39, 0.29) is 11.9 Å². The van der Waals surface area contributed by atoms with Gasteiger partial charge in [0.2, 0.25) is 5.91 Å². The average Bonchev–Trinajstić information content (AvgIpc) is 2.49. The van der Waals surface area contributed by atoms with E-state index in [1.165, 1.54) is 13.3 Å². The molecule has 1 aliphatic rings. The molecule has 1 aliphatic carbocycles. The molecular formula is C17H23N3O3. The number of carbonyl (C=O) groups excluding carboxylic acids is 3. The summed E-state index contributed by atoms with van der Waals surface area (Å²) in [6, 6.07) is 6.74. The Morgan fingerprint density at radius 3 is 2.30 bits per heavy atom. The molecule has 0 bridgehead atoms. The number of carbonyl (C=O) groups is 3. The molecular weight excluding hydrogens is 294 g/mol. The van der Waals surface area contributed by atoms with Crippen molar-refractivity contribution in [2.24, 2.45) is 5.92 Å². The van der Waals surface area contributed by atoms with Crippen molar-refractivity contribution in [2.75, 3.05) is 10.6 Å². The van der Waals surface area contributed by atoms with Crippen molar-refractivity contribution in [3.8, 4) is 0 Å². The third-order valence-electron chi connectivity index (χ3n) is 4.08. The molecule has 2 atom stereocenters. The molecule has 0 saturated heterocycles. The Morgan fingerprint density at radius 1 is 1.00 bits per heavy atom. The van der Waals surface area contributed by atoms with E-state index in [2.05, 4.69) is 22.9 Å². The van der Waals surface area contributed by atoms with Gasteiger partial charge in [-0.3, -0.25) is 14.4 Å². The summed E-state index contributed by atoms with van der Waals surface area (Å²) in [5.41, 5.74) is 1.03. The van der Waals surface area contributed by atoms with E-state index in [1.54, 1.807) is 24.3 Å². The fraction of sp³-hybridized carbons (Fsp3) is 0.471. The van der Waals surface area contributed by atoms with E-state index in [1.807, 2.05) is 0 Å². The smallest absolute Gasteiger partial charge is 0.313 e. The van der Waals surface area contributed by atoms with Crippen LogP contribution in [0, 0.1) is 5.92 Å². The Labute approximate surface area is 136 Å². The van der Waals surface area contributed by atoms with Crippen molar-refractivity contribution in [2.45, 2.75) is 45.6 Å². The van der Waals surface area contributed by atoms with E-state index < -0.39 is 11.8 Å². The van der Waals surface area contributed by atoms with Crippen molar-refractivity contribution >= 4 is 29.1 Å². The Bertz CT molecular complexity index is 601. The Balaban J connectivity index is 1.92. The second kappa shape index (κ2) is 7.76. The monoisotopic (exact) mass is 317 g/mol. The van der Waals surface area contributed by atoms with Gasteiger partial charge < -0.3 is 16.0 Å². The predicted molar refractivity (Wildman–Crippen MR) is 88.9 cm³/mol. The van der Waals surface area contributed by atoms with Gasteiger partial charge in [-0.1, -0.05) is 25.8 Å². The van der Waals surface area contributed by atoms with E-state index >= 15 is 0 Å². The van der Waals surface area contributed by atoms with Crippen LogP contribution in [-0.4, -0.2) is 23.8 Å². The zero-order valence-corrected chi connectivity index (χ0v) is 13.5. The fourth-order valence-corrected chi connectivity index (χ4v) is 2.83. The maximum Gasteiger partial charge on any atom is 0.313 e. The molecule has 6 nitrogen and oxygen atoms in total. The molecule has 0 radical (unpaired) electrons. The molecule has 2 unspecified atom stereocenters. The molecule has 1 saturated carbocycles. The van der Waals surface area contributed by atoms with Crippen LogP contribution >= 0.6 is 0 Å². The third kappa shape index (κ3) is 5.09. The number of rotatable bonds is 3. The number of hydrogen-bond donors (Lipinski definition) is 3. The topological polar surface area (TPSA) is 87.3 Å². The van der Waals surface area contributed by atoms with Gasteiger partial charge >= 0.3 is 11.8 Å². The van der Waals surface area contributed by atoms with E-state index in [0.717, 1.165) is 19.3 Å². The molecule has 1 fully saturated rings. The van der Waals surface area contributed by atoms with Crippen molar-refractivity contribution in [3.05, 3.63) is 24.3 Å². The first kappa shape index (κ1) is 17.0. The third-order valence-corrected chi connectivity index (χ3v) is 4.08. The van der Waals surface area contributed by atoms with Crippen LogP contribution in [0.4, 0.5) is 11.4 Å². The lowest BCUT2D eigenvalue weighted by molar-refractivity contribution is -0.137. The van der Waals surface area contributed by atoms with Crippen LogP contribution in [0.25, 0.3) is 0 Å². The molecule has 0 aromatic heterocycles. The van der Waals surface area contributed by atoms with Gasteiger partial charge in [-0.2, -0.15) is 0 Å². The van der Waals surface area contributed by atoms with Crippen molar-refractivity contribution in [1.82, 2.24) is 5.32 Å². The summed E-state index contributed by atoms with van der Waals surface area (Å²) < 4.78 is 0. The molecule has 2 rings (SSSR count). The zero-order chi connectivity index (χ0) is 16.8. The van der Waals surface area contributed by atoms with Crippen molar-refractivity contribution in [3.63, 3.8) is 0 Å². The highest BCUT2D eigenvalue weighted by molar-refractivity contribution is 6.39. The van der Waals surface area contributed by atoms with Gasteiger partial charge in [0.25, 0.3) is 0 Å².